The summed E-state index contributed by atoms with van der Waals surface area (Å²) >= 11 is 0. The number of hydrogen-bond donors (Lipinski definition) is 2. The first-order chi connectivity index (χ1) is 17.5. The van der Waals surface area contributed by atoms with Crippen LogP contribution in [-0.2, 0) is 25.8 Å². The van der Waals surface area contributed by atoms with Crippen molar-refractivity contribution in [1.29, 1.82) is 0 Å². The van der Waals surface area contributed by atoms with E-state index in [4.69, 9.17) is 4.84 Å². The molecule has 10 heteroatoms. The molecule has 1 aromatic heterocycles. The van der Waals surface area contributed by atoms with Gasteiger partial charge in [-0.15, -0.1) is 0 Å². The second kappa shape index (κ2) is 12.3. The number of pyridine rings is 1. The van der Waals surface area contributed by atoms with Crippen molar-refractivity contribution in [2.45, 2.75) is 57.6 Å². The highest BCUT2D eigenvalue weighted by Gasteiger charge is 2.38. The summed E-state index contributed by atoms with van der Waals surface area (Å²) in [5, 5.41) is 7.92. The van der Waals surface area contributed by atoms with Gasteiger partial charge in [-0.3, -0.25) is 19.2 Å². The second-order valence-electron chi connectivity index (χ2n) is 9.17. The van der Waals surface area contributed by atoms with Gasteiger partial charge in [0.15, 0.2) is 0 Å². The van der Waals surface area contributed by atoms with Crippen molar-refractivity contribution >= 4 is 29.8 Å². The average molecular weight is 496 g/mol. The third-order valence-corrected chi connectivity index (χ3v) is 6.48. The van der Waals surface area contributed by atoms with Crippen LogP contribution in [0, 0.1) is 17.7 Å². The SMILES string of the molecule is O=C(C[C@@H](CC1CCCC1)C(=O)N1N=CC[C@H]1C(=O)Nc1ccc(F)cn1)NOCc1ccccc1. The van der Waals surface area contributed by atoms with Crippen LogP contribution in [-0.4, -0.2) is 40.0 Å². The summed E-state index contributed by atoms with van der Waals surface area (Å²) in [4.78, 5) is 48.2. The third-order valence-electron chi connectivity index (χ3n) is 6.48. The Kier molecular flexibility index (Phi) is 8.72. The van der Waals surface area contributed by atoms with Gasteiger partial charge in [0.2, 0.25) is 11.8 Å². The summed E-state index contributed by atoms with van der Waals surface area (Å²) in [7, 11) is 0. The summed E-state index contributed by atoms with van der Waals surface area (Å²) in [5.41, 5.74) is 3.35. The van der Waals surface area contributed by atoms with Gasteiger partial charge in [0.1, 0.15) is 17.7 Å². The number of nitrogens with one attached hydrogen (secondary N) is 2. The predicted molar refractivity (Wildman–Crippen MR) is 131 cm³/mol. The first-order valence-corrected chi connectivity index (χ1v) is 12.2. The molecule has 0 radical (unpaired) electrons. The van der Waals surface area contributed by atoms with E-state index in [1.54, 1.807) is 0 Å². The number of carbonyl (C=O) groups excluding carboxylic acids is 3. The topological polar surface area (TPSA) is 113 Å². The van der Waals surface area contributed by atoms with Crippen molar-refractivity contribution in [1.82, 2.24) is 15.5 Å². The van der Waals surface area contributed by atoms with Crippen LogP contribution in [0.2, 0.25) is 0 Å². The molecule has 9 nitrogen and oxygen atoms in total. The summed E-state index contributed by atoms with van der Waals surface area (Å²) < 4.78 is 13.1. The van der Waals surface area contributed by atoms with Crippen molar-refractivity contribution in [2.75, 3.05) is 5.32 Å². The molecule has 2 aromatic rings. The van der Waals surface area contributed by atoms with Gasteiger partial charge in [-0.2, -0.15) is 5.10 Å². The fourth-order valence-corrected chi connectivity index (χ4v) is 4.65. The van der Waals surface area contributed by atoms with E-state index in [1.807, 2.05) is 30.3 Å². The van der Waals surface area contributed by atoms with Crippen LogP contribution in [0.15, 0.2) is 53.8 Å². The molecule has 3 amide bonds. The van der Waals surface area contributed by atoms with E-state index in [1.165, 1.54) is 18.3 Å². The Morgan fingerprint density at radius 2 is 1.89 bits per heavy atom. The summed E-state index contributed by atoms with van der Waals surface area (Å²) in [6.45, 7) is 0.212. The zero-order valence-corrected chi connectivity index (χ0v) is 19.9. The quantitative estimate of drug-likeness (QED) is 0.489. The van der Waals surface area contributed by atoms with E-state index in [2.05, 4.69) is 20.9 Å². The smallest absolute Gasteiger partial charge is 0.250 e. The molecule has 0 bridgehead atoms. The number of benzene rings is 1. The largest absolute Gasteiger partial charge is 0.309 e. The number of hydrogen-bond acceptors (Lipinski definition) is 6. The van der Waals surface area contributed by atoms with Crippen molar-refractivity contribution in [3.05, 3.63) is 60.0 Å². The molecule has 1 saturated carbocycles. The monoisotopic (exact) mass is 495 g/mol. The lowest BCUT2D eigenvalue weighted by Gasteiger charge is -2.27. The first kappa shape index (κ1) is 25.4. The van der Waals surface area contributed by atoms with Gasteiger partial charge in [0, 0.05) is 25.0 Å². The number of hydrazone groups is 1. The highest BCUT2D eigenvalue weighted by Crippen LogP contribution is 2.33. The number of anilines is 1. The van der Waals surface area contributed by atoms with E-state index in [9.17, 15) is 18.8 Å². The molecule has 190 valence electrons. The van der Waals surface area contributed by atoms with Crippen LogP contribution in [0.5, 0.6) is 0 Å². The standard InChI is InChI=1S/C26H30FN5O4/c27-21-10-11-23(28-16-21)30-25(34)22-12-13-29-32(22)26(35)20(14-18-6-4-5-7-18)15-24(33)31-36-17-19-8-2-1-3-9-19/h1-3,8-11,13,16,18,20,22H,4-7,12,14-15,17H2,(H,31,33)(H,28,30,34)/t20-,22+/m1/s1. The highest BCUT2D eigenvalue weighted by atomic mass is 19.1. The average Bonchev–Trinajstić information content (AvgIpc) is 3.58. The molecular formula is C26H30FN5O4. The molecule has 2 atom stereocenters. The van der Waals surface area contributed by atoms with Gasteiger partial charge in [0.25, 0.3) is 5.91 Å². The lowest BCUT2D eigenvalue weighted by molar-refractivity contribution is -0.146. The lowest BCUT2D eigenvalue weighted by Crippen LogP contribution is -2.45. The number of halogens is 1. The molecule has 2 heterocycles. The Labute approximate surface area is 209 Å². The fraction of sp³-hybridized carbons (Fsp3) is 0.423. The lowest BCUT2D eigenvalue weighted by atomic mass is 9.89. The Bertz CT molecular complexity index is 1070. The molecule has 1 aromatic carbocycles. The number of hydroxylamine groups is 1. The van der Waals surface area contributed by atoms with Gasteiger partial charge < -0.3 is 5.32 Å². The minimum atomic E-state index is -0.868. The zero-order chi connectivity index (χ0) is 25.3. The van der Waals surface area contributed by atoms with Crippen molar-refractivity contribution in [3.8, 4) is 0 Å². The number of nitrogens with zero attached hydrogens (tertiary/aromatic N) is 3. The van der Waals surface area contributed by atoms with Crippen LogP contribution in [0.1, 0.15) is 50.5 Å². The molecule has 1 fully saturated rings. The molecule has 4 rings (SSSR count). The van der Waals surface area contributed by atoms with E-state index < -0.39 is 29.6 Å². The number of amides is 3. The number of carbonyl (C=O) groups is 3. The van der Waals surface area contributed by atoms with Crippen molar-refractivity contribution < 1.29 is 23.6 Å². The Morgan fingerprint density at radius 1 is 1.11 bits per heavy atom. The maximum absolute atomic E-state index is 13.5. The van der Waals surface area contributed by atoms with Gasteiger partial charge in [-0.05, 0) is 30.0 Å². The van der Waals surface area contributed by atoms with Gasteiger partial charge in [-0.1, -0.05) is 56.0 Å². The summed E-state index contributed by atoms with van der Waals surface area (Å²) in [5.74, 6) is -1.88. The van der Waals surface area contributed by atoms with E-state index in [0.29, 0.717) is 12.3 Å². The predicted octanol–water partition coefficient (Wildman–Crippen LogP) is 3.58. The molecule has 1 aliphatic heterocycles. The highest BCUT2D eigenvalue weighted by molar-refractivity contribution is 5.99. The molecule has 0 unspecified atom stereocenters. The van der Waals surface area contributed by atoms with Gasteiger partial charge in [-0.25, -0.2) is 19.9 Å². The second-order valence-corrected chi connectivity index (χ2v) is 9.17. The zero-order valence-electron chi connectivity index (χ0n) is 19.9. The van der Waals surface area contributed by atoms with Crippen molar-refractivity contribution in [2.24, 2.45) is 16.9 Å². The molecule has 2 aliphatic rings. The van der Waals surface area contributed by atoms with Gasteiger partial charge >= 0.3 is 0 Å². The minimum Gasteiger partial charge on any atom is -0.309 e. The summed E-state index contributed by atoms with van der Waals surface area (Å²) in [6, 6.07) is 11.1. The fourth-order valence-electron chi connectivity index (χ4n) is 4.65. The molecular weight excluding hydrogens is 465 g/mol. The molecule has 2 N–H and O–H groups in total. The normalized spacial score (nSPS) is 18.2. The molecule has 36 heavy (non-hydrogen) atoms. The van der Waals surface area contributed by atoms with Crippen LogP contribution < -0.4 is 10.8 Å². The molecule has 0 saturated heterocycles. The number of rotatable bonds is 10. The van der Waals surface area contributed by atoms with Crippen LogP contribution >= 0.6 is 0 Å². The maximum Gasteiger partial charge on any atom is 0.250 e. The van der Waals surface area contributed by atoms with Crippen LogP contribution in [0.4, 0.5) is 10.2 Å². The molecule has 1 aliphatic carbocycles. The van der Waals surface area contributed by atoms with Crippen LogP contribution in [0.25, 0.3) is 0 Å². The minimum absolute atomic E-state index is 0.0655. The van der Waals surface area contributed by atoms with Crippen molar-refractivity contribution in [3.63, 3.8) is 0 Å². The van der Waals surface area contributed by atoms with Gasteiger partial charge in [0.05, 0.1) is 12.8 Å². The Balaban J connectivity index is 1.38. The van der Waals surface area contributed by atoms with E-state index >= 15 is 0 Å². The van der Waals surface area contributed by atoms with E-state index in [-0.39, 0.29) is 31.2 Å². The maximum atomic E-state index is 13.5. The first-order valence-electron chi connectivity index (χ1n) is 12.2. The molecule has 0 spiro atoms. The number of aromatic nitrogens is 1. The van der Waals surface area contributed by atoms with E-state index in [0.717, 1.165) is 42.5 Å². The summed E-state index contributed by atoms with van der Waals surface area (Å²) in [6.07, 6.45) is 7.47. The third kappa shape index (κ3) is 6.94. The Morgan fingerprint density at radius 3 is 2.61 bits per heavy atom. The van der Waals surface area contributed by atoms with Crippen LogP contribution in [0.3, 0.4) is 0 Å². The Hall–Kier alpha value is -3.66.